The summed E-state index contributed by atoms with van der Waals surface area (Å²) in [5.41, 5.74) is 5.97. The van der Waals surface area contributed by atoms with Crippen molar-refractivity contribution in [2.24, 2.45) is 0 Å². The Kier molecular flexibility index (Phi) is 3.97. The largest absolute Gasteiger partial charge is 0.323 e. The van der Waals surface area contributed by atoms with Gasteiger partial charge in [-0.05, 0) is 60.8 Å². The van der Waals surface area contributed by atoms with Crippen LogP contribution in [0.25, 0.3) is 0 Å². The summed E-state index contributed by atoms with van der Waals surface area (Å²) in [6.45, 7) is 0. The minimum absolute atomic E-state index is 0.0242. The number of aromatic nitrogens is 3. The first kappa shape index (κ1) is 16.2. The van der Waals surface area contributed by atoms with E-state index in [4.69, 9.17) is 10.7 Å². The molecule has 1 heterocycles. The van der Waals surface area contributed by atoms with Crippen LogP contribution < -0.4 is 5.32 Å². The summed E-state index contributed by atoms with van der Waals surface area (Å²) in [5.74, 6) is 0.0242. The second-order valence-electron chi connectivity index (χ2n) is 5.96. The van der Waals surface area contributed by atoms with E-state index in [1.807, 2.05) is 0 Å². The lowest BCUT2D eigenvalue weighted by Gasteiger charge is -2.15. The first-order chi connectivity index (χ1) is 11.5. The number of rotatable bonds is 4. The van der Waals surface area contributed by atoms with E-state index in [-0.39, 0.29) is 18.3 Å². The Bertz CT molecular complexity index is 897. The average molecular weight is 389 g/mol. The number of fused-ring (bicyclic) bond motifs is 2. The van der Waals surface area contributed by atoms with Crippen molar-refractivity contribution in [3.8, 4) is 0 Å². The Labute approximate surface area is 147 Å². The molecule has 1 N–H and O–H groups in total. The lowest BCUT2D eigenvalue weighted by Crippen LogP contribution is -2.05. The molecule has 0 aliphatic heterocycles. The Morgan fingerprint density at radius 2 is 1.79 bits per heavy atom. The topological polar surface area (TPSA) is 76.9 Å². The zero-order chi connectivity index (χ0) is 16.9. The van der Waals surface area contributed by atoms with Gasteiger partial charge in [0.2, 0.25) is 5.95 Å². The molecule has 0 saturated heterocycles. The number of benzene rings is 1. The molecule has 1 aromatic carbocycles. The molecule has 0 spiro atoms. The summed E-state index contributed by atoms with van der Waals surface area (Å²) in [5, 5.41) is 6.11. The maximum atomic E-state index is 13.1. The molecule has 0 saturated carbocycles. The van der Waals surface area contributed by atoms with Crippen molar-refractivity contribution in [3.63, 3.8) is 0 Å². The van der Waals surface area contributed by atoms with Crippen LogP contribution >= 0.6 is 23.0 Å². The summed E-state index contributed by atoms with van der Waals surface area (Å²) >= 11 is -0.224. The maximum absolute atomic E-state index is 13.1. The number of hydrogen-bond donors (Lipinski definition) is 1. The van der Waals surface area contributed by atoms with Crippen molar-refractivity contribution < 1.29 is 12.3 Å². The van der Waals surface area contributed by atoms with E-state index in [0.717, 1.165) is 48.3 Å². The molecular weight excluding hydrogens is 375 g/mol. The lowest BCUT2D eigenvalue weighted by molar-refractivity contribution is 0.601. The van der Waals surface area contributed by atoms with Crippen LogP contribution in [0.15, 0.2) is 11.2 Å². The molecule has 2 aliphatic carbocycles. The lowest BCUT2D eigenvalue weighted by atomic mass is 9.99. The molecule has 24 heavy (non-hydrogen) atoms. The fourth-order valence-corrected chi connectivity index (χ4v) is 4.47. The molecule has 0 amide bonds. The maximum Gasteiger partial charge on any atom is 0.298 e. The molecule has 1 aromatic heterocycles. The highest BCUT2D eigenvalue weighted by Gasteiger charge is 2.27. The third kappa shape index (κ3) is 2.68. The van der Waals surface area contributed by atoms with Gasteiger partial charge in [-0.2, -0.15) is 4.98 Å². The average Bonchev–Trinajstić information content (AvgIpc) is 3.24. The summed E-state index contributed by atoms with van der Waals surface area (Å²) in [6.07, 6.45) is 6.12. The number of halogens is 2. The van der Waals surface area contributed by atoms with Gasteiger partial charge in [-0.25, -0.2) is 8.42 Å². The fourth-order valence-electron chi connectivity index (χ4n) is 3.59. The number of anilines is 2. The van der Waals surface area contributed by atoms with E-state index in [2.05, 4.69) is 21.5 Å². The van der Waals surface area contributed by atoms with Gasteiger partial charge in [-0.15, -0.1) is 13.1 Å². The first-order valence-corrected chi connectivity index (χ1v) is 10.6. The second kappa shape index (κ2) is 5.89. The molecule has 0 bridgehead atoms. The monoisotopic (exact) mass is 388 g/mol. The zero-order valence-corrected chi connectivity index (χ0v) is 14.9. The van der Waals surface area contributed by atoms with Crippen LogP contribution in [0.4, 0.5) is 15.5 Å². The van der Waals surface area contributed by atoms with Crippen LogP contribution in [0.5, 0.6) is 0 Å². The first-order valence-electron chi connectivity index (χ1n) is 7.61. The predicted octanol–water partition coefficient (Wildman–Crippen LogP) is 3.31. The van der Waals surface area contributed by atoms with Crippen LogP contribution in [0.3, 0.4) is 0 Å². The van der Waals surface area contributed by atoms with Gasteiger partial charge in [0.1, 0.15) is 0 Å². The zero-order valence-electron chi connectivity index (χ0n) is 12.6. The summed E-state index contributed by atoms with van der Waals surface area (Å²) in [4.78, 5) is 3.86. The second-order valence-corrected chi connectivity index (χ2v) is 8.90. The van der Waals surface area contributed by atoms with Crippen LogP contribution in [0.2, 0.25) is 0 Å². The van der Waals surface area contributed by atoms with Gasteiger partial charge in [-0.3, -0.25) is 0 Å². The third-order valence-corrected chi connectivity index (χ3v) is 5.96. The van der Waals surface area contributed by atoms with Crippen molar-refractivity contribution in [3.05, 3.63) is 28.3 Å². The smallest absolute Gasteiger partial charge is 0.298 e. The molecule has 6 nitrogen and oxygen atoms in total. The Morgan fingerprint density at radius 1 is 1.17 bits per heavy atom. The molecule has 2 aliphatic rings. The van der Waals surface area contributed by atoms with Gasteiger partial charge in [-0.1, -0.05) is 6.07 Å². The number of nitrogens with zero attached hydrogens (tertiary/aromatic N) is 3. The number of aryl methyl sites for hydroxylation is 2. The fraction of sp³-hybridized carbons (Fsp3) is 0.429. The molecule has 2 aromatic rings. The molecule has 128 valence electrons. The third-order valence-electron chi connectivity index (χ3n) is 4.55. The van der Waals surface area contributed by atoms with Crippen molar-refractivity contribution in [2.75, 3.05) is 5.32 Å². The van der Waals surface area contributed by atoms with Crippen molar-refractivity contribution >= 4 is 43.7 Å². The Morgan fingerprint density at radius 3 is 2.33 bits per heavy atom. The SMILES string of the molecule is O=S(=O)(Cl)c1nc(Nc2c3c(cc4c2CCC4)CCC3)n(SF)n1. The summed E-state index contributed by atoms with van der Waals surface area (Å²) < 4.78 is 36.8. The van der Waals surface area contributed by atoms with Gasteiger partial charge in [0.25, 0.3) is 14.2 Å². The van der Waals surface area contributed by atoms with E-state index < -0.39 is 14.2 Å². The van der Waals surface area contributed by atoms with Crippen LogP contribution in [0.1, 0.15) is 35.1 Å². The quantitative estimate of drug-likeness (QED) is 0.810. The van der Waals surface area contributed by atoms with E-state index in [9.17, 15) is 12.3 Å². The van der Waals surface area contributed by atoms with E-state index in [1.54, 1.807) is 0 Å². The minimum Gasteiger partial charge on any atom is -0.323 e. The van der Waals surface area contributed by atoms with Crippen molar-refractivity contribution in [1.82, 2.24) is 14.2 Å². The van der Waals surface area contributed by atoms with Crippen LogP contribution in [-0.2, 0) is 34.7 Å². The predicted molar refractivity (Wildman–Crippen MR) is 90.9 cm³/mol. The molecule has 4 rings (SSSR count). The van der Waals surface area contributed by atoms with E-state index >= 15 is 0 Å². The summed E-state index contributed by atoms with van der Waals surface area (Å²) in [6, 6.07) is 2.28. The Balaban J connectivity index is 1.81. The Hall–Kier alpha value is -1.32. The normalized spacial score (nSPS) is 16.2. The van der Waals surface area contributed by atoms with Gasteiger partial charge in [0, 0.05) is 16.4 Å². The molecule has 10 heteroatoms. The summed E-state index contributed by atoms with van der Waals surface area (Å²) in [7, 11) is 1.15. The molecular formula is C14H14ClFN4O2S2. The van der Waals surface area contributed by atoms with Crippen molar-refractivity contribution in [2.45, 2.75) is 43.7 Å². The van der Waals surface area contributed by atoms with Gasteiger partial charge >= 0.3 is 0 Å². The standard InChI is InChI=1S/C14H14ClFN4O2S2/c15-24(21,22)14-18-13(20(19-14)23-16)17-12-10-5-1-3-8(10)7-9-4-2-6-11(9)12/h7H,1-6H2,(H,17,18,19). The molecule has 0 radical (unpaired) electrons. The number of nitrogens with one attached hydrogen (secondary N) is 1. The van der Waals surface area contributed by atoms with Crippen molar-refractivity contribution in [1.29, 1.82) is 0 Å². The highest BCUT2D eigenvalue weighted by Crippen LogP contribution is 2.40. The highest BCUT2D eigenvalue weighted by molar-refractivity contribution is 8.13. The molecule has 0 fully saturated rings. The molecule has 0 unspecified atom stereocenters. The van der Waals surface area contributed by atoms with Crippen LogP contribution in [-0.4, -0.2) is 22.6 Å². The van der Waals surface area contributed by atoms with Gasteiger partial charge in [0.05, 0.1) is 0 Å². The van der Waals surface area contributed by atoms with Crippen LogP contribution in [0, 0.1) is 0 Å². The van der Waals surface area contributed by atoms with E-state index in [0.29, 0.717) is 0 Å². The molecule has 0 atom stereocenters. The highest BCUT2D eigenvalue weighted by atomic mass is 35.7. The van der Waals surface area contributed by atoms with E-state index in [1.165, 1.54) is 22.3 Å². The number of hydrogen-bond acceptors (Lipinski definition) is 6. The minimum atomic E-state index is -4.12. The van der Waals surface area contributed by atoms with Gasteiger partial charge < -0.3 is 5.32 Å². The van der Waals surface area contributed by atoms with Gasteiger partial charge in [0.15, 0.2) is 12.3 Å².